The van der Waals surface area contributed by atoms with Crippen molar-refractivity contribution in [3.63, 3.8) is 0 Å². The first-order valence-corrected chi connectivity index (χ1v) is 5.86. The Labute approximate surface area is 102 Å². The molecule has 0 aromatic heterocycles. The molecule has 2 amide bonds. The van der Waals surface area contributed by atoms with Gasteiger partial charge in [0.25, 0.3) is 0 Å². The third kappa shape index (κ3) is 4.30. The van der Waals surface area contributed by atoms with Crippen LogP contribution in [0.4, 0.5) is 4.79 Å². The molecule has 17 heavy (non-hydrogen) atoms. The zero-order valence-electron chi connectivity index (χ0n) is 11.0. The Kier molecular flexibility index (Phi) is 4.08. The first-order chi connectivity index (χ1) is 7.73. The average Bonchev–Trinajstić information content (AvgIpc) is 2.65. The second-order valence-electron chi connectivity index (χ2n) is 5.51. The molecular formula is C11H22N4O2. The highest BCUT2D eigenvalue weighted by molar-refractivity contribution is 5.72. The molecule has 1 saturated heterocycles. The standard InChI is InChI=1S/C11H22N4O2/c1-10(2,3)14-15-11(4,13-9(12)16)8-6-5-7-17-8/h8H,5-7H2,1-4H3,(H3,12,13,16). The van der Waals surface area contributed by atoms with Crippen LogP contribution in [-0.4, -0.2) is 29.9 Å². The zero-order valence-corrected chi connectivity index (χ0v) is 11.0. The van der Waals surface area contributed by atoms with E-state index in [1.165, 1.54) is 0 Å². The van der Waals surface area contributed by atoms with E-state index in [-0.39, 0.29) is 11.6 Å². The number of hydrogen-bond donors (Lipinski definition) is 2. The second kappa shape index (κ2) is 5.00. The van der Waals surface area contributed by atoms with Crippen LogP contribution in [0.3, 0.4) is 0 Å². The quantitative estimate of drug-likeness (QED) is 0.739. The summed E-state index contributed by atoms with van der Waals surface area (Å²) in [6.07, 6.45) is 1.65. The number of rotatable bonds is 3. The van der Waals surface area contributed by atoms with Gasteiger partial charge in [0.15, 0.2) is 5.66 Å². The number of amides is 2. The molecule has 0 spiro atoms. The Morgan fingerprint density at radius 2 is 2.00 bits per heavy atom. The summed E-state index contributed by atoms with van der Waals surface area (Å²) >= 11 is 0. The number of carbonyl (C=O) groups excluding carboxylic acids is 1. The van der Waals surface area contributed by atoms with Crippen molar-refractivity contribution in [2.75, 3.05) is 6.61 Å². The van der Waals surface area contributed by atoms with Gasteiger partial charge in [0.1, 0.15) is 6.10 Å². The summed E-state index contributed by atoms with van der Waals surface area (Å²) in [5.74, 6) is 0. The van der Waals surface area contributed by atoms with E-state index in [0.717, 1.165) is 12.8 Å². The first kappa shape index (κ1) is 13.9. The van der Waals surface area contributed by atoms with Gasteiger partial charge in [0.2, 0.25) is 0 Å². The summed E-state index contributed by atoms with van der Waals surface area (Å²) in [5, 5.41) is 11.1. The number of nitrogens with two attached hydrogens (primary N) is 1. The lowest BCUT2D eigenvalue weighted by atomic mass is 10.0. The Balaban J connectivity index is 2.84. The molecule has 1 aliphatic heterocycles. The summed E-state index contributed by atoms with van der Waals surface area (Å²) < 4.78 is 5.56. The van der Waals surface area contributed by atoms with Crippen LogP contribution < -0.4 is 11.1 Å². The van der Waals surface area contributed by atoms with Crippen molar-refractivity contribution in [3.8, 4) is 0 Å². The molecule has 0 radical (unpaired) electrons. The van der Waals surface area contributed by atoms with Gasteiger partial charge < -0.3 is 15.8 Å². The molecule has 98 valence electrons. The average molecular weight is 242 g/mol. The van der Waals surface area contributed by atoms with Crippen molar-refractivity contribution in [2.24, 2.45) is 16.0 Å². The second-order valence-corrected chi connectivity index (χ2v) is 5.51. The highest BCUT2D eigenvalue weighted by Gasteiger charge is 2.39. The van der Waals surface area contributed by atoms with Gasteiger partial charge in [-0.3, -0.25) is 0 Å². The number of primary amides is 1. The molecule has 0 aliphatic carbocycles. The van der Waals surface area contributed by atoms with E-state index >= 15 is 0 Å². The number of nitrogens with one attached hydrogen (secondary N) is 1. The van der Waals surface area contributed by atoms with Crippen LogP contribution in [0.5, 0.6) is 0 Å². The van der Waals surface area contributed by atoms with Crippen molar-refractivity contribution >= 4 is 6.03 Å². The van der Waals surface area contributed by atoms with E-state index in [1.54, 1.807) is 6.92 Å². The maximum atomic E-state index is 11.1. The summed E-state index contributed by atoms with van der Waals surface area (Å²) in [7, 11) is 0. The fraction of sp³-hybridized carbons (Fsp3) is 0.909. The molecule has 1 rings (SSSR count). The predicted octanol–water partition coefficient (Wildman–Crippen LogP) is 1.80. The van der Waals surface area contributed by atoms with E-state index in [1.807, 2.05) is 20.8 Å². The van der Waals surface area contributed by atoms with Crippen LogP contribution in [0.25, 0.3) is 0 Å². The van der Waals surface area contributed by atoms with Crippen LogP contribution in [-0.2, 0) is 4.74 Å². The van der Waals surface area contributed by atoms with Crippen LogP contribution in [0.15, 0.2) is 10.2 Å². The van der Waals surface area contributed by atoms with Gasteiger partial charge in [-0.25, -0.2) is 4.79 Å². The normalized spacial score (nSPS) is 24.8. The lowest BCUT2D eigenvalue weighted by Gasteiger charge is -2.30. The number of urea groups is 1. The smallest absolute Gasteiger partial charge is 0.314 e. The van der Waals surface area contributed by atoms with Crippen LogP contribution in [0.1, 0.15) is 40.5 Å². The third-order valence-corrected chi connectivity index (χ3v) is 2.49. The molecular weight excluding hydrogens is 220 g/mol. The molecule has 2 atom stereocenters. The van der Waals surface area contributed by atoms with E-state index in [2.05, 4.69) is 15.5 Å². The highest BCUT2D eigenvalue weighted by atomic mass is 16.5. The number of nitrogens with zero attached hydrogens (tertiary/aromatic N) is 2. The lowest BCUT2D eigenvalue weighted by molar-refractivity contribution is 0.0402. The van der Waals surface area contributed by atoms with Crippen molar-refractivity contribution in [1.29, 1.82) is 0 Å². The minimum absolute atomic E-state index is 0.166. The van der Waals surface area contributed by atoms with Crippen molar-refractivity contribution < 1.29 is 9.53 Å². The molecule has 0 aromatic carbocycles. The first-order valence-electron chi connectivity index (χ1n) is 5.86. The lowest BCUT2D eigenvalue weighted by Crippen LogP contribution is -2.54. The van der Waals surface area contributed by atoms with Gasteiger partial charge in [-0.15, -0.1) is 0 Å². The summed E-state index contributed by atoms with van der Waals surface area (Å²) in [6, 6.07) is -0.615. The Hall–Kier alpha value is -1.17. The number of azo groups is 1. The molecule has 3 N–H and O–H groups in total. The molecule has 0 saturated carbocycles. The van der Waals surface area contributed by atoms with Gasteiger partial charge >= 0.3 is 6.03 Å². The molecule has 6 heteroatoms. The van der Waals surface area contributed by atoms with Gasteiger partial charge in [-0.05, 0) is 40.5 Å². The number of ether oxygens (including phenoxy) is 1. The molecule has 6 nitrogen and oxygen atoms in total. The molecule has 0 bridgehead atoms. The predicted molar refractivity (Wildman–Crippen MR) is 64.7 cm³/mol. The largest absolute Gasteiger partial charge is 0.374 e. The topological polar surface area (TPSA) is 89.1 Å². The van der Waals surface area contributed by atoms with E-state index in [9.17, 15) is 4.79 Å². The van der Waals surface area contributed by atoms with Gasteiger partial charge in [-0.2, -0.15) is 10.2 Å². The maximum Gasteiger partial charge on any atom is 0.314 e. The van der Waals surface area contributed by atoms with Crippen LogP contribution >= 0.6 is 0 Å². The van der Waals surface area contributed by atoms with Crippen molar-refractivity contribution in [3.05, 3.63) is 0 Å². The van der Waals surface area contributed by atoms with Crippen LogP contribution in [0, 0.1) is 0 Å². The van der Waals surface area contributed by atoms with Crippen LogP contribution in [0.2, 0.25) is 0 Å². The summed E-state index contributed by atoms with van der Waals surface area (Å²) in [4.78, 5) is 11.1. The SMILES string of the molecule is CC(C)(C)N=NC(C)(NC(N)=O)C1CCCO1. The fourth-order valence-corrected chi connectivity index (χ4v) is 1.69. The molecule has 2 unspecified atom stereocenters. The molecule has 1 fully saturated rings. The van der Waals surface area contributed by atoms with E-state index < -0.39 is 11.7 Å². The minimum Gasteiger partial charge on any atom is -0.374 e. The number of hydrogen-bond acceptors (Lipinski definition) is 4. The van der Waals surface area contributed by atoms with Gasteiger partial charge in [0, 0.05) is 6.61 Å². The van der Waals surface area contributed by atoms with Gasteiger partial charge in [0.05, 0.1) is 5.54 Å². The van der Waals surface area contributed by atoms with Gasteiger partial charge in [-0.1, -0.05) is 0 Å². The number of carbonyl (C=O) groups is 1. The Morgan fingerprint density at radius 3 is 2.41 bits per heavy atom. The zero-order chi connectivity index (χ0) is 13.1. The Bertz CT molecular complexity index is 305. The highest BCUT2D eigenvalue weighted by Crippen LogP contribution is 2.26. The minimum atomic E-state index is -0.879. The summed E-state index contributed by atoms with van der Waals surface area (Å²) in [6.45, 7) is 8.29. The third-order valence-electron chi connectivity index (χ3n) is 2.49. The Morgan fingerprint density at radius 1 is 1.35 bits per heavy atom. The molecule has 0 aromatic rings. The fourth-order valence-electron chi connectivity index (χ4n) is 1.69. The molecule has 1 aliphatic rings. The molecule has 1 heterocycles. The van der Waals surface area contributed by atoms with Crippen molar-refractivity contribution in [2.45, 2.75) is 57.8 Å². The van der Waals surface area contributed by atoms with E-state index in [0.29, 0.717) is 6.61 Å². The maximum absolute atomic E-state index is 11.1. The van der Waals surface area contributed by atoms with Crippen molar-refractivity contribution in [1.82, 2.24) is 5.32 Å². The van der Waals surface area contributed by atoms with E-state index in [4.69, 9.17) is 10.5 Å². The monoisotopic (exact) mass is 242 g/mol. The summed E-state index contributed by atoms with van der Waals surface area (Å²) in [5.41, 5.74) is 4.01.